The van der Waals surface area contributed by atoms with Crippen molar-refractivity contribution in [3.8, 4) is 0 Å². The van der Waals surface area contributed by atoms with Gasteiger partial charge in [-0.2, -0.15) is 8.42 Å². The summed E-state index contributed by atoms with van der Waals surface area (Å²) in [6.45, 7) is 5.48. The fourth-order valence-corrected chi connectivity index (χ4v) is 2.39. The molecule has 0 aromatic heterocycles. The van der Waals surface area contributed by atoms with Crippen molar-refractivity contribution < 1.29 is 13.0 Å². The van der Waals surface area contributed by atoms with Gasteiger partial charge >= 0.3 is 0 Å². The van der Waals surface area contributed by atoms with Crippen LogP contribution in [0.25, 0.3) is 0 Å². The van der Waals surface area contributed by atoms with Crippen LogP contribution in [-0.4, -0.2) is 13.0 Å². The number of hydrogen-bond donors (Lipinski definition) is 1. The maximum Gasteiger partial charge on any atom is 0.294 e. The highest BCUT2D eigenvalue weighted by molar-refractivity contribution is 7.85. The zero-order valence-corrected chi connectivity index (χ0v) is 9.35. The molecule has 1 aromatic rings. The monoisotopic (exact) mass is 214 g/mol. The zero-order valence-electron chi connectivity index (χ0n) is 8.53. The van der Waals surface area contributed by atoms with E-state index in [1.807, 2.05) is 19.9 Å². The molecule has 14 heavy (non-hydrogen) atoms. The standard InChI is InChI=1S/C10H14O3S/c1-4-9-5-7(2)6-10(8(9)3)14(11,12)13/h5-6H,4H2,1-3H3,(H,11,12,13). The highest BCUT2D eigenvalue weighted by Gasteiger charge is 2.15. The minimum atomic E-state index is -4.09. The Labute approximate surface area is 84.5 Å². The third-order valence-corrected chi connectivity index (χ3v) is 3.25. The normalized spacial score (nSPS) is 11.7. The number of aryl methyl sites for hydroxylation is 2. The lowest BCUT2D eigenvalue weighted by Gasteiger charge is -2.09. The average molecular weight is 214 g/mol. The molecule has 0 spiro atoms. The van der Waals surface area contributed by atoms with Crippen LogP contribution in [0.15, 0.2) is 17.0 Å². The molecule has 0 aliphatic rings. The third-order valence-electron chi connectivity index (χ3n) is 2.27. The molecule has 3 nitrogen and oxygen atoms in total. The van der Waals surface area contributed by atoms with Gasteiger partial charge in [-0.3, -0.25) is 4.55 Å². The van der Waals surface area contributed by atoms with E-state index in [1.54, 1.807) is 6.92 Å². The van der Waals surface area contributed by atoms with Gasteiger partial charge in [0, 0.05) is 0 Å². The summed E-state index contributed by atoms with van der Waals surface area (Å²) in [6, 6.07) is 3.42. The fraction of sp³-hybridized carbons (Fsp3) is 0.400. The largest absolute Gasteiger partial charge is 0.294 e. The Morgan fingerprint density at radius 1 is 1.29 bits per heavy atom. The van der Waals surface area contributed by atoms with E-state index in [4.69, 9.17) is 4.55 Å². The van der Waals surface area contributed by atoms with Crippen molar-refractivity contribution in [2.45, 2.75) is 32.1 Å². The quantitative estimate of drug-likeness (QED) is 0.767. The summed E-state index contributed by atoms with van der Waals surface area (Å²) >= 11 is 0. The van der Waals surface area contributed by atoms with E-state index in [1.165, 1.54) is 6.07 Å². The molecule has 0 saturated carbocycles. The first-order chi connectivity index (χ1) is 6.36. The molecule has 0 unspecified atom stereocenters. The number of rotatable bonds is 2. The SMILES string of the molecule is CCc1cc(C)cc(S(=O)(=O)O)c1C. The second-order valence-electron chi connectivity index (χ2n) is 3.38. The van der Waals surface area contributed by atoms with Gasteiger partial charge in [0.25, 0.3) is 10.1 Å². The molecule has 1 N–H and O–H groups in total. The van der Waals surface area contributed by atoms with Crippen LogP contribution < -0.4 is 0 Å². The number of hydrogen-bond acceptors (Lipinski definition) is 2. The highest BCUT2D eigenvalue weighted by Crippen LogP contribution is 2.21. The smallest absolute Gasteiger partial charge is 0.282 e. The summed E-state index contributed by atoms with van der Waals surface area (Å²) in [5.74, 6) is 0. The summed E-state index contributed by atoms with van der Waals surface area (Å²) in [5, 5.41) is 0. The van der Waals surface area contributed by atoms with E-state index in [2.05, 4.69) is 0 Å². The predicted molar refractivity (Wildman–Crippen MR) is 55.1 cm³/mol. The molecular weight excluding hydrogens is 200 g/mol. The molecule has 0 radical (unpaired) electrons. The van der Waals surface area contributed by atoms with Crippen molar-refractivity contribution >= 4 is 10.1 Å². The molecule has 0 heterocycles. The zero-order chi connectivity index (χ0) is 10.9. The fourth-order valence-electron chi connectivity index (χ4n) is 1.53. The molecule has 0 aliphatic carbocycles. The van der Waals surface area contributed by atoms with Crippen LogP contribution >= 0.6 is 0 Å². The summed E-state index contributed by atoms with van der Waals surface area (Å²) < 4.78 is 31.0. The Hall–Kier alpha value is -0.870. The van der Waals surface area contributed by atoms with Crippen molar-refractivity contribution in [1.29, 1.82) is 0 Å². The Kier molecular flexibility index (Phi) is 2.97. The second-order valence-corrected chi connectivity index (χ2v) is 4.77. The van der Waals surface area contributed by atoms with Gasteiger partial charge in [-0.1, -0.05) is 13.0 Å². The Bertz CT molecular complexity index is 447. The van der Waals surface area contributed by atoms with E-state index in [0.717, 1.165) is 17.5 Å². The van der Waals surface area contributed by atoms with Crippen LogP contribution in [0.3, 0.4) is 0 Å². The topological polar surface area (TPSA) is 54.4 Å². The van der Waals surface area contributed by atoms with Gasteiger partial charge in [0.15, 0.2) is 0 Å². The highest BCUT2D eigenvalue weighted by atomic mass is 32.2. The van der Waals surface area contributed by atoms with Crippen molar-refractivity contribution in [3.63, 3.8) is 0 Å². The molecule has 0 aliphatic heterocycles. The first kappa shape index (κ1) is 11.2. The lowest BCUT2D eigenvalue weighted by atomic mass is 10.0. The van der Waals surface area contributed by atoms with Crippen molar-refractivity contribution in [2.75, 3.05) is 0 Å². The average Bonchev–Trinajstić information content (AvgIpc) is 2.06. The lowest BCUT2D eigenvalue weighted by Crippen LogP contribution is -2.04. The summed E-state index contributed by atoms with van der Waals surface area (Å²) in [6.07, 6.45) is 0.760. The van der Waals surface area contributed by atoms with E-state index in [9.17, 15) is 8.42 Å². The Morgan fingerprint density at radius 3 is 2.29 bits per heavy atom. The minimum absolute atomic E-state index is 0.0225. The van der Waals surface area contributed by atoms with Crippen LogP contribution in [0, 0.1) is 13.8 Å². The molecule has 1 rings (SSSR count). The van der Waals surface area contributed by atoms with Gasteiger partial charge in [0.2, 0.25) is 0 Å². The van der Waals surface area contributed by atoms with Crippen molar-refractivity contribution in [2.24, 2.45) is 0 Å². The molecule has 78 valence electrons. The van der Waals surface area contributed by atoms with Gasteiger partial charge in [0.05, 0.1) is 4.90 Å². The first-order valence-electron chi connectivity index (χ1n) is 4.44. The van der Waals surface area contributed by atoms with Gasteiger partial charge < -0.3 is 0 Å². The van der Waals surface area contributed by atoms with Crippen molar-refractivity contribution in [1.82, 2.24) is 0 Å². The van der Waals surface area contributed by atoms with Crippen molar-refractivity contribution in [3.05, 3.63) is 28.8 Å². The molecule has 0 amide bonds. The van der Waals surface area contributed by atoms with Crippen LogP contribution in [0.5, 0.6) is 0 Å². The minimum Gasteiger partial charge on any atom is -0.282 e. The lowest BCUT2D eigenvalue weighted by molar-refractivity contribution is 0.482. The molecule has 1 aromatic carbocycles. The summed E-state index contributed by atoms with van der Waals surface area (Å²) in [5.41, 5.74) is 2.44. The Morgan fingerprint density at radius 2 is 1.86 bits per heavy atom. The molecule has 0 bridgehead atoms. The first-order valence-corrected chi connectivity index (χ1v) is 5.88. The summed E-state index contributed by atoms with van der Waals surface area (Å²) in [7, 11) is -4.09. The van der Waals surface area contributed by atoms with E-state index >= 15 is 0 Å². The van der Waals surface area contributed by atoms with Gasteiger partial charge in [-0.05, 0) is 43.0 Å². The summed E-state index contributed by atoms with van der Waals surface area (Å²) in [4.78, 5) is 0.0225. The van der Waals surface area contributed by atoms with Gasteiger partial charge in [-0.15, -0.1) is 0 Å². The van der Waals surface area contributed by atoms with Crippen LogP contribution in [-0.2, 0) is 16.5 Å². The van der Waals surface area contributed by atoms with Crippen LogP contribution in [0.1, 0.15) is 23.6 Å². The van der Waals surface area contributed by atoms with E-state index < -0.39 is 10.1 Å². The molecule has 0 atom stereocenters. The van der Waals surface area contributed by atoms with E-state index in [-0.39, 0.29) is 4.90 Å². The molecular formula is C10H14O3S. The Balaban J connectivity index is 3.53. The van der Waals surface area contributed by atoms with Crippen LogP contribution in [0.4, 0.5) is 0 Å². The molecule has 4 heteroatoms. The maximum absolute atomic E-state index is 11.0. The van der Waals surface area contributed by atoms with Gasteiger partial charge in [-0.25, -0.2) is 0 Å². The maximum atomic E-state index is 11.0. The van der Waals surface area contributed by atoms with Gasteiger partial charge in [0.1, 0.15) is 0 Å². The number of benzene rings is 1. The van der Waals surface area contributed by atoms with Crippen LogP contribution in [0.2, 0.25) is 0 Å². The van der Waals surface area contributed by atoms with E-state index in [0.29, 0.717) is 5.56 Å². The molecule has 0 saturated heterocycles. The third kappa shape index (κ3) is 2.13. The molecule has 0 fully saturated rings. The predicted octanol–water partition coefficient (Wildman–Crippen LogP) is 2.11. The second kappa shape index (κ2) is 3.71.